The molecule has 0 heterocycles. The third kappa shape index (κ3) is 10.9. The Morgan fingerprint density at radius 1 is 1.24 bits per heavy atom. The highest BCUT2D eigenvalue weighted by Crippen LogP contribution is 1.98. The standard InChI is InChI=1S/C12H23N3O2/c1-5-7-13-9-11(17)14-8-6-10(16)15-12(2,3)4/h5,13H,1,6-9H2,2-4H3,(H,14,17)(H,15,16). The first-order chi connectivity index (χ1) is 7.85. The molecule has 0 bridgehead atoms. The summed E-state index contributed by atoms with van der Waals surface area (Å²) in [5, 5.41) is 8.37. The fraction of sp³-hybridized carbons (Fsp3) is 0.667. The smallest absolute Gasteiger partial charge is 0.233 e. The molecule has 0 aromatic heterocycles. The molecule has 98 valence electrons. The van der Waals surface area contributed by atoms with Crippen molar-refractivity contribution in [2.75, 3.05) is 19.6 Å². The second-order valence-corrected chi connectivity index (χ2v) is 4.82. The van der Waals surface area contributed by atoms with Crippen molar-refractivity contribution in [3.8, 4) is 0 Å². The van der Waals surface area contributed by atoms with Crippen LogP contribution in [0.15, 0.2) is 12.7 Å². The molecule has 0 radical (unpaired) electrons. The lowest BCUT2D eigenvalue weighted by Gasteiger charge is -2.20. The van der Waals surface area contributed by atoms with Gasteiger partial charge in [0.05, 0.1) is 6.54 Å². The summed E-state index contributed by atoms with van der Waals surface area (Å²) >= 11 is 0. The zero-order valence-corrected chi connectivity index (χ0v) is 10.9. The summed E-state index contributed by atoms with van der Waals surface area (Å²) in [6, 6.07) is 0. The van der Waals surface area contributed by atoms with Gasteiger partial charge in [-0.2, -0.15) is 0 Å². The van der Waals surface area contributed by atoms with Crippen molar-refractivity contribution in [3.05, 3.63) is 12.7 Å². The molecule has 3 N–H and O–H groups in total. The number of hydrogen-bond donors (Lipinski definition) is 3. The van der Waals surface area contributed by atoms with E-state index in [-0.39, 0.29) is 23.9 Å². The highest BCUT2D eigenvalue weighted by molar-refractivity contribution is 5.80. The third-order valence-electron chi connectivity index (χ3n) is 1.76. The van der Waals surface area contributed by atoms with Gasteiger partial charge < -0.3 is 16.0 Å². The summed E-state index contributed by atoms with van der Waals surface area (Å²) in [4.78, 5) is 22.7. The van der Waals surface area contributed by atoms with Gasteiger partial charge in [0.25, 0.3) is 0 Å². The van der Waals surface area contributed by atoms with E-state index in [9.17, 15) is 9.59 Å². The molecule has 0 unspecified atom stereocenters. The van der Waals surface area contributed by atoms with Crippen LogP contribution < -0.4 is 16.0 Å². The fourth-order valence-electron chi connectivity index (χ4n) is 1.15. The van der Waals surface area contributed by atoms with Crippen molar-refractivity contribution in [2.45, 2.75) is 32.7 Å². The van der Waals surface area contributed by atoms with Crippen LogP contribution in [0.25, 0.3) is 0 Å². The second-order valence-electron chi connectivity index (χ2n) is 4.82. The molecule has 0 atom stereocenters. The number of rotatable bonds is 7. The summed E-state index contributed by atoms with van der Waals surface area (Å²) in [6.07, 6.45) is 1.98. The van der Waals surface area contributed by atoms with Crippen molar-refractivity contribution in [1.82, 2.24) is 16.0 Å². The highest BCUT2D eigenvalue weighted by Gasteiger charge is 2.13. The molecule has 17 heavy (non-hydrogen) atoms. The Labute approximate surface area is 103 Å². The molecule has 0 aliphatic rings. The first-order valence-electron chi connectivity index (χ1n) is 5.74. The normalized spacial score (nSPS) is 10.8. The number of amides is 2. The molecule has 0 spiro atoms. The van der Waals surface area contributed by atoms with Crippen LogP contribution in [-0.4, -0.2) is 37.0 Å². The maximum absolute atomic E-state index is 11.4. The number of hydrogen-bond acceptors (Lipinski definition) is 3. The van der Waals surface area contributed by atoms with Crippen LogP contribution in [0.3, 0.4) is 0 Å². The monoisotopic (exact) mass is 241 g/mol. The summed E-state index contributed by atoms with van der Waals surface area (Å²) in [5.74, 6) is -0.174. The van der Waals surface area contributed by atoms with Crippen molar-refractivity contribution in [1.29, 1.82) is 0 Å². The van der Waals surface area contributed by atoms with Gasteiger partial charge in [-0.1, -0.05) is 6.08 Å². The van der Waals surface area contributed by atoms with Gasteiger partial charge in [0.15, 0.2) is 0 Å². The molecule has 0 aliphatic heterocycles. The van der Waals surface area contributed by atoms with Crippen LogP contribution in [0.2, 0.25) is 0 Å². The molecule has 5 heteroatoms. The average Bonchev–Trinajstić information content (AvgIpc) is 2.15. The maximum atomic E-state index is 11.4. The molecule has 5 nitrogen and oxygen atoms in total. The Balaban J connectivity index is 3.59. The van der Waals surface area contributed by atoms with E-state index < -0.39 is 0 Å². The van der Waals surface area contributed by atoms with Crippen molar-refractivity contribution in [2.24, 2.45) is 0 Å². The largest absolute Gasteiger partial charge is 0.354 e. The lowest BCUT2D eigenvalue weighted by molar-refractivity contribution is -0.122. The molecule has 0 fully saturated rings. The van der Waals surface area contributed by atoms with E-state index in [1.807, 2.05) is 20.8 Å². The van der Waals surface area contributed by atoms with Gasteiger partial charge in [-0.3, -0.25) is 9.59 Å². The molecular formula is C12H23N3O2. The van der Waals surface area contributed by atoms with Crippen LogP contribution in [0.4, 0.5) is 0 Å². The summed E-state index contributed by atoms with van der Waals surface area (Å²) < 4.78 is 0. The highest BCUT2D eigenvalue weighted by atomic mass is 16.2. The number of carbonyl (C=O) groups is 2. The topological polar surface area (TPSA) is 70.2 Å². The number of nitrogens with one attached hydrogen (secondary N) is 3. The molecule has 0 rings (SSSR count). The van der Waals surface area contributed by atoms with Crippen LogP contribution >= 0.6 is 0 Å². The minimum absolute atomic E-state index is 0.0585. The van der Waals surface area contributed by atoms with Crippen molar-refractivity contribution in [3.63, 3.8) is 0 Å². The molecule has 0 saturated carbocycles. The fourth-order valence-corrected chi connectivity index (χ4v) is 1.15. The van der Waals surface area contributed by atoms with Gasteiger partial charge in [0, 0.05) is 25.0 Å². The second kappa shape index (κ2) is 7.84. The van der Waals surface area contributed by atoms with E-state index in [1.165, 1.54) is 0 Å². The Bertz CT molecular complexity index is 269. The zero-order valence-electron chi connectivity index (χ0n) is 10.9. The van der Waals surface area contributed by atoms with Gasteiger partial charge in [-0.05, 0) is 20.8 Å². The molecule has 0 aromatic carbocycles. The Hall–Kier alpha value is -1.36. The lowest BCUT2D eigenvalue weighted by Crippen LogP contribution is -2.42. The van der Waals surface area contributed by atoms with Crippen molar-refractivity contribution >= 4 is 11.8 Å². The number of carbonyl (C=O) groups excluding carboxylic acids is 2. The van der Waals surface area contributed by atoms with E-state index >= 15 is 0 Å². The zero-order chi connectivity index (χ0) is 13.3. The minimum atomic E-state index is -0.230. The van der Waals surface area contributed by atoms with E-state index in [1.54, 1.807) is 6.08 Å². The summed E-state index contributed by atoms with van der Waals surface area (Å²) in [5.41, 5.74) is -0.230. The maximum Gasteiger partial charge on any atom is 0.233 e. The van der Waals surface area contributed by atoms with E-state index in [0.29, 0.717) is 19.5 Å². The predicted octanol–water partition coefficient (Wildman–Crippen LogP) is 0.183. The summed E-state index contributed by atoms with van der Waals surface area (Å²) in [6.45, 7) is 10.5. The van der Waals surface area contributed by atoms with Crippen LogP contribution in [0.5, 0.6) is 0 Å². The van der Waals surface area contributed by atoms with Gasteiger partial charge in [0.2, 0.25) is 11.8 Å². The quantitative estimate of drug-likeness (QED) is 0.440. The molecule has 2 amide bonds. The first-order valence-corrected chi connectivity index (χ1v) is 5.74. The van der Waals surface area contributed by atoms with Crippen LogP contribution in [-0.2, 0) is 9.59 Å². The Kier molecular flexibility index (Phi) is 7.21. The molecule has 0 aliphatic carbocycles. The minimum Gasteiger partial charge on any atom is -0.354 e. The van der Waals surface area contributed by atoms with Gasteiger partial charge in [-0.25, -0.2) is 0 Å². The average molecular weight is 241 g/mol. The third-order valence-corrected chi connectivity index (χ3v) is 1.76. The summed E-state index contributed by atoms with van der Waals surface area (Å²) in [7, 11) is 0. The molecular weight excluding hydrogens is 218 g/mol. The predicted molar refractivity (Wildman–Crippen MR) is 68.6 cm³/mol. The Morgan fingerprint density at radius 3 is 2.41 bits per heavy atom. The molecule has 0 aromatic rings. The van der Waals surface area contributed by atoms with E-state index in [4.69, 9.17) is 0 Å². The van der Waals surface area contributed by atoms with Gasteiger partial charge >= 0.3 is 0 Å². The van der Waals surface area contributed by atoms with Gasteiger partial charge in [0.1, 0.15) is 0 Å². The van der Waals surface area contributed by atoms with E-state index in [2.05, 4.69) is 22.5 Å². The van der Waals surface area contributed by atoms with E-state index in [0.717, 1.165) is 0 Å². The van der Waals surface area contributed by atoms with Crippen LogP contribution in [0.1, 0.15) is 27.2 Å². The molecule has 0 saturated heterocycles. The lowest BCUT2D eigenvalue weighted by atomic mass is 10.1. The SMILES string of the molecule is C=CCNCC(=O)NCCC(=O)NC(C)(C)C. The Morgan fingerprint density at radius 2 is 1.88 bits per heavy atom. The van der Waals surface area contributed by atoms with Crippen molar-refractivity contribution < 1.29 is 9.59 Å². The van der Waals surface area contributed by atoms with Crippen LogP contribution in [0, 0.1) is 0 Å². The first kappa shape index (κ1) is 15.6. The van der Waals surface area contributed by atoms with Gasteiger partial charge in [-0.15, -0.1) is 6.58 Å².